The van der Waals surface area contributed by atoms with Gasteiger partial charge in [-0.25, -0.2) is 0 Å². The largest absolute Gasteiger partial charge is 0.508 e. The van der Waals surface area contributed by atoms with Crippen LogP contribution in [0.4, 0.5) is 0 Å². The number of hydrogen-bond donors (Lipinski definition) is 11. The smallest absolute Gasteiger partial charge is 0.239 e. The van der Waals surface area contributed by atoms with Crippen molar-refractivity contribution in [1.82, 2.24) is 0 Å². The molecule has 17 nitrogen and oxygen atoms in total. The van der Waals surface area contributed by atoms with Crippen LogP contribution >= 0.6 is 0 Å². The average molecular weight is 612 g/mol. The summed E-state index contributed by atoms with van der Waals surface area (Å²) in [4.78, 5) is 13.7. The highest BCUT2D eigenvalue weighted by atomic mass is 16.8. The zero-order valence-electron chi connectivity index (χ0n) is 21.8. The van der Waals surface area contributed by atoms with Crippen molar-refractivity contribution < 1.29 is 79.5 Å². The SMILES string of the molecule is O=c1c(OC2OC(CO)C(O)C(O)C2OC2OC(CO)C(O)C2O)c(-c2cc(O)c(O)c(O)c2)oc2cc(O)cc(O)c12. The van der Waals surface area contributed by atoms with Crippen molar-refractivity contribution in [2.75, 3.05) is 13.2 Å². The number of fused-ring (bicyclic) bond motifs is 1. The Morgan fingerprint density at radius 2 is 1.30 bits per heavy atom. The van der Waals surface area contributed by atoms with Crippen LogP contribution in [0.25, 0.3) is 22.3 Å². The lowest BCUT2D eigenvalue weighted by Gasteiger charge is -2.42. The molecule has 2 saturated heterocycles. The maximum atomic E-state index is 13.7. The second-order valence-electron chi connectivity index (χ2n) is 9.92. The van der Waals surface area contributed by atoms with Crippen LogP contribution in [0.3, 0.4) is 0 Å². The number of phenolic OH excluding ortho intramolecular Hbond substituents is 5. The fourth-order valence-corrected chi connectivity index (χ4v) is 4.85. The summed E-state index contributed by atoms with van der Waals surface area (Å²) in [5.74, 6) is -5.22. The third-order valence-electron chi connectivity index (χ3n) is 7.10. The Bertz CT molecular complexity index is 1530. The molecule has 0 saturated carbocycles. The van der Waals surface area contributed by atoms with Crippen LogP contribution in [0, 0.1) is 0 Å². The summed E-state index contributed by atoms with van der Waals surface area (Å²) in [5.41, 5.74) is -1.78. The molecule has 0 spiro atoms. The van der Waals surface area contributed by atoms with E-state index < -0.39 is 120 Å². The van der Waals surface area contributed by atoms with E-state index in [9.17, 15) is 61.0 Å². The van der Waals surface area contributed by atoms with E-state index in [4.69, 9.17) is 23.4 Å². The number of benzene rings is 2. The van der Waals surface area contributed by atoms with Gasteiger partial charge in [0, 0.05) is 17.7 Å². The van der Waals surface area contributed by atoms with E-state index in [0.717, 1.165) is 24.3 Å². The third-order valence-corrected chi connectivity index (χ3v) is 7.10. The quantitative estimate of drug-likeness (QED) is 0.124. The van der Waals surface area contributed by atoms with Crippen molar-refractivity contribution in [3.8, 4) is 45.8 Å². The van der Waals surface area contributed by atoms with Gasteiger partial charge >= 0.3 is 0 Å². The molecule has 0 bridgehead atoms. The Balaban J connectivity index is 1.64. The van der Waals surface area contributed by atoms with E-state index in [1.165, 1.54) is 0 Å². The van der Waals surface area contributed by atoms with Crippen molar-refractivity contribution in [2.24, 2.45) is 0 Å². The standard InChI is InChI=1S/C26H28O17/c27-5-13-17(34)20(37)24(43-25-21(38)18(35)14(6-28)40-25)26(41-13)42-23-19(36)15-9(30)3-8(29)4-12(15)39-22(23)7-1-10(31)16(33)11(32)2-7/h1-4,13-14,17-18,20-21,24-35,37-38H,5-6H2. The molecular formula is C26H28O17. The zero-order valence-corrected chi connectivity index (χ0v) is 21.8. The first kappa shape index (κ1) is 30.5. The maximum Gasteiger partial charge on any atom is 0.239 e. The van der Waals surface area contributed by atoms with Crippen molar-refractivity contribution >= 4 is 11.0 Å². The molecule has 0 amide bonds. The first-order chi connectivity index (χ1) is 20.4. The molecule has 43 heavy (non-hydrogen) atoms. The van der Waals surface area contributed by atoms with E-state index >= 15 is 0 Å². The minimum Gasteiger partial charge on any atom is -0.508 e. The summed E-state index contributed by atoms with van der Waals surface area (Å²) in [5, 5.41) is 111. The molecule has 5 rings (SSSR count). The van der Waals surface area contributed by atoms with Crippen LogP contribution in [-0.2, 0) is 14.2 Å². The average Bonchev–Trinajstić information content (AvgIpc) is 3.23. The third kappa shape index (κ3) is 5.37. The Morgan fingerprint density at radius 1 is 0.721 bits per heavy atom. The van der Waals surface area contributed by atoms with Gasteiger partial charge in [0.1, 0.15) is 59.1 Å². The van der Waals surface area contributed by atoms with Crippen LogP contribution < -0.4 is 10.2 Å². The van der Waals surface area contributed by atoms with Gasteiger partial charge in [0.05, 0.1) is 13.2 Å². The Morgan fingerprint density at radius 3 is 1.91 bits per heavy atom. The molecule has 11 N–H and O–H groups in total. The number of aromatic hydroxyl groups is 5. The molecule has 9 atom stereocenters. The molecule has 2 aliphatic heterocycles. The van der Waals surface area contributed by atoms with Crippen LogP contribution in [0.5, 0.6) is 34.5 Å². The van der Waals surface area contributed by atoms with Gasteiger partial charge in [-0.15, -0.1) is 0 Å². The van der Waals surface area contributed by atoms with Gasteiger partial charge in [-0.05, 0) is 12.1 Å². The van der Waals surface area contributed by atoms with Gasteiger partial charge in [0.2, 0.25) is 17.5 Å². The molecule has 3 heterocycles. The lowest BCUT2D eigenvalue weighted by molar-refractivity contribution is -0.320. The topological polar surface area (TPSA) is 290 Å². The molecule has 1 aromatic heterocycles. The summed E-state index contributed by atoms with van der Waals surface area (Å²) < 4.78 is 27.9. The first-order valence-corrected chi connectivity index (χ1v) is 12.7. The van der Waals surface area contributed by atoms with Crippen LogP contribution in [0.2, 0.25) is 0 Å². The van der Waals surface area contributed by atoms with Gasteiger partial charge in [0.25, 0.3) is 0 Å². The minimum absolute atomic E-state index is 0.277. The Kier molecular flexibility index (Phi) is 8.27. The molecule has 0 radical (unpaired) electrons. The summed E-state index contributed by atoms with van der Waals surface area (Å²) >= 11 is 0. The minimum atomic E-state index is -1.94. The summed E-state index contributed by atoms with van der Waals surface area (Å²) in [7, 11) is 0. The molecule has 0 aliphatic carbocycles. The highest BCUT2D eigenvalue weighted by molar-refractivity contribution is 5.88. The van der Waals surface area contributed by atoms with E-state index in [1.54, 1.807) is 0 Å². The van der Waals surface area contributed by atoms with Crippen LogP contribution in [-0.4, -0.2) is 125 Å². The highest BCUT2D eigenvalue weighted by Crippen LogP contribution is 2.43. The van der Waals surface area contributed by atoms with Crippen molar-refractivity contribution in [1.29, 1.82) is 0 Å². The van der Waals surface area contributed by atoms with E-state index in [1.807, 2.05) is 0 Å². The molecule has 2 fully saturated rings. The predicted octanol–water partition coefficient (Wildman–Crippen LogP) is -2.37. The van der Waals surface area contributed by atoms with Crippen LogP contribution in [0.1, 0.15) is 0 Å². The fourth-order valence-electron chi connectivity index (χ4n) is 4.85. The van der Waals surface area contributed by atoms with Crippen molar-refractivity contribution in [3.63, 3.8) is 0 Å². The maximum absolute atomic E-state index is 13.7. The first-order valence-electron chi connectivity index (χ1n) is 12.7. The number of hydrogen-bond acceptors (Lipinski definition) is 17. The fraction of sp³-hybridized carbons (Fsp3) is 0.423. The Hall–Kier alpha value is -3.91. The van der Waals surface area contributed by atoms with Crippen molar-refractivity contribution in [2.45, 2.75) is 55.3 Å². The number of ether oxygens (including phenoxy) is 4. The number of aliphatic hydroxyl groups excluding tert-OH is 6. The number of phenols is 5. The molecular weight excluding hydrogens is 584 g/mol. The van der Waals surface area contributed by atoms with Crippen molar-refractivity contribution in [3.05, 3.63) is 34.5 Å². The molecule has 3 aromatic rings. The molecule has 9 unspecified atom stereocenters. The molecule has 2 aliphatic rings. The molecule has 234 valence electrons. The summed E-state index contributed by atoms with van der Waals surface area (Å²) in [6, 6.07) is 3.54. The van der Waals surface area contributed by atoms with Gasteiger partial charge in [-0.3, -0.25) is 4.79 Å². The van der Waals surface area contributed by atoms with Gasteiger partial charge in [-0.1, -0.05) is 0 Å². The van der Waals surface area contributed by atoms with Gasteiger partial charge in [-0.2, -0.15) is 0 Å². The number of aliphatic hydroxyl groups is 6. The number of rotatable bonds is 7. The lowest BCUT2D eigenvalue weighted by Crippen LogP contribution is -2.62. The van der Waals surface area contributed by atoms with Crippen LogP contribution in [0.15, 0.2) is 33.5 Å². The molecule has 2 aromatic carbocycles. The highest BCUT2D eigenvalue weighted by Gasteiger charge is 2.51. The zero-order chi connectivity index (χ0) is 31.3. The summed E-state index contributed by atoms with van der Waals surface area (Å²) in [6.07, 6.45) is -15.4. The Labute approximate surface area is 239 Å². The monoisotopic (exact) mass is 612 g/mol. The lowest BCUT2D eigenvalue weighted by atomic mass is 9.99. The van der Waals surface area contributed by atoms with Gasteiger partial charge in [0.15, 0.2) is 35.4 Å². The van der Waals surface area contributed by atoms with E-state index in [-0.39, 0.29) is 11.1 Å². The molecule has 17 heteroatoms. The summed E-state index contributed by atoms with van der Waals surface area (Å²) in [6.45, 7) is -1.58. The van der Waals surface area contributed by atoms with Gasteiger partial charge < -0.3 is 79.5 Å². The van der Waals surface area contributed by atoms with E-state index in [0.29, 0.717) is 0 Å². The normalized spacial score (nSPS) is 31.0. The second kappa shape index (κ2) is 11.6. The second-order valence-corrected chi connectivity index (χ2v) is 9.92. The van der Waals surface area contributed by atoms with E-state index in [2.05, 4.69) is 0 Å². The predicted molar refractivity (Wildman–Crippen MR) is 137 cm³/mol.